The van der Waals surface area contributed by atoms with Gasteiger partial charge in [-0.1, -0.05) is 6.07 Å². The molecule has 0 aliphatic heterocycles. The molecule has 0 radical (unpaired) electrons. The summed E-state index contributed by atoms with van der Waals surface area (Å²) in [6.07, 6.45) is 5.28. The predicted octanol–water partition coefficient (Wildman–Crippen LogP) is 4.64. The molecular weight excluding hydrogens is 304 g/mol. The Hall–Kier alpha value is -1.60. The van der Waals surface area contributed by atoms with Crippen LogP contribution in [0.1, 0.15) is 31.7 Å². The number of benzene rings is 1. The minimum atomic E-state index is 0.377. The summed E-state index contributed by atoms with van der Waals surface area (Å²) in [6.45, 7) is 7.08. The molecule has 0 unspecified atom stereocenters. The molecule has 0 N–H and O–H groups in total. The van der Waals surface area contributed by atoms with Gasteiger partial charge in [-0.25, -0.2) is 4.85 Å². The van der Waals surface area contributed by atoms with Gasteiger partial charge < -0.3 is 4.57 Å². The zero-order valence-electron chi connectivity index (χ0n) is 10.4. The lowest BCUT2D eigenvalue weighted by molar-refractivity contribution is -0.120. The second kappa shape index (κ2) is 4.82. The van der Waals surface area contributed by atoms with Gasteiger partial charge in [-0.2, -0.15) is 0 Å². The largest absolute Gasteiger partial charge is 0.343 e. The Morgan fingerprint density at radius 2 is 2.05 bits per heavy atom. The van der Waals surface area contributed by atoms with Gasteiger partial charge in [0, 0.05) is 40.5 Å². The van der Waals surface area contributed by atoms with E-state index in [0.717, 1.165) is 28.2 Å². The fourth-order valence-electron chi connectivity index (χ4n) is 2.78. The third kappa shape index (κ3) is 2.19. The second-order valence-electron chi connectivity index (χ2n) is 4.97. The number of fused-ring (bicyclic) bond motifs is 1. The number of ketones is 1. The molecule has 1 heterocycles. The van der Waals surface area contributed by atoms with Crippen molar-refractivity contribution in [2.45, 2.75) is 31.7 Å². The number of hydrogen-bond donors (Lipinski definition) is 0. The maximum atomic E-state index is 11.3. The van der Waals surface area contributed by atoms with Crippen LogP contribution >= 0.6 is 15.9 Å². The van der Waals surface area contributed by atoms with Crippen LogP contribution in [-0.4, -0.2) is 10.4 Å². The number of halogens is 1. The maximum absolute atomic E-state index is 11.3. The summed E-state index contributed by atoms with van der Waals surface area (Å²) in [5.41, 5.74) is 1.79. The Kier molecular flexibility index (Phi) is 3.16. The lowest BCUT2D eigenvalue weighted by Gasteiger charge is -2.23. The number of nitrogens with zero attached hydrogens (tertiary/aromatic N) is 2. The third-order valence-electron chi connectivity index (χ3n) is 3.80. The van der Waals surface area contributed by atoms with Gasteiger partial charge in [-0.3, -0.25) is 4.79 Å². The van der Waals surface area contributed by atoms with Crippen molar-refractivity contribution in [1.29, 1.82) is 0 Å². The Bertz CT molecular complexity index is 686. The van der Waals surface area contributed by atoms with Crippen LogP contribution < -0.4 is 0 Å². The Morgan fingerprint density at radius 1 is 1.32 bits per heavy atom. The van der Waals surface area contributed by atoms with Gasteiger partial charge in [0.2, 0.25) is 0 Å². The van der Waals surface area contributed by atoms with Gasteiger partial charge in [0.1, 0.15) is 5.78 Å². The van der Waals surface area contributed by atoms with Gasteiger partial charge in [0.25, 0.3) is 0 Å². The molecule has 1 saturated carbocycles. The first-order chi connectivity index (χ1) is 9.19. The summed E-state index contributed by atoms with van der Waals surface area (Å²) in [5, 5.41) is 1.07. The zero-order chi connectivity index (χ0) is 13.4. The van der Waals surface area contributed by atoms with Gasteiger partial charge in [0.05, 0.1) is 6.57 Å². The number of carbonyl (C=O) groups excluding carboxylic acids is 1. The Balaban J connectivity index is 2.05. The topological polar surface area (TPSA) is 26.4 Å². The molecular formula is C15H13BrN2O. The average Bonchev–Trinajstić information content (AvgIpc) is 2.76. The molecule has 3 rings (SSSR count). The highest BCUT2D eigenvalue weighted by Crippen LogP contribution is 2.35. The highest BCUT2D eigenvalue weighted by atomic mass is 79.9. The van der Waals surface area contributed by atoms with Crippen LogP contribution in [0.3, 0.4) is 0 Å². The van der Waals surface area contributed by atoms with Crippen LogP contribution in [0.5, 0.6) is 0 Å². The Labute approximate surface area is 120 Å². The van der Waals surface area contributed by atoms with E-state index in [1.54, 1.807) is 0 Å². The van der Waals surface area contributed by atoms with E-state index in [9.17, 15) is 4.79 Å². The minimum absolute atomic E-state index is 0.377. The van der Waals surface area contributed by atoms with Crippen LogP contribution in [0.2, 0.25) is 0 Å². The summed E-state index contributed by atoms with van der Waals surface area (Å²) in [5.74, 6) is 0.377. The summed E-state index contributed by atoms with van der Waals surface area (Å²) < 4.78 is 3.27. The van der Waals surface area contributed by atoms with Crippen LogP contribution in [0, 0.1) is 6.57 Å². The quantitative estimate of drug-likeness (QED) is 0.704. The molecule has 1 aliphatic carbocycles. The third-order valence-corrected chi connectivity index (χ3v) is 4.44. The van der Waals surface area contributed by atoms with Crippen molar-refractivity contribution < 1.29 is 4.79 Å². The first-order valence-electron chi connectivity index (χ1n) is 6.38. The van der Waals surface area contributed by atoms with Crippen molar-refractivity contribution >= 4 is 38.3 Å². The molecule has 3 nitrogen and oxygen atoms in total. The molecule has 0 spiro atoms. The molecule has 2 aromatic rings. The first kappa shape index (κ1) is 12.4. The predicted molar refractivity (Wildman–Crippen MR) is 78.4 cm³/mol. The van der Waals surface area contributed by atoms with Crippen LogP contribution in [-0.2, 0) is 4.79 Å². The fourth-order valence-corrected chi connectivity index (χ4v) is 3.31. The van der Waals surface area contributed by atoms with E-state index in [-0.39, 0.29) is 0 Å². The van der Waals surface area contributed by atoms with Gasteiger partial charge in [-0.15, -0.1) is 0 Å². The van der Waals surface area contributed by atoms with Crippen LogP contribution in [0.15, 0.2) is 28.9 Å². The van der Waals surface area contributed by atoms with Crippen molar-refractivity contribution in [2.24, 2.45) is 0 Å². The first-order valence-corrected chi connectivity index (χ1v) is 7.17. The standard InChI is InChI=1S/C15H13BrN2O/c1-17-10-2-7-15-13(8-10)14(16)9-18(15)11-3-5-12(19)6-4-11/h2,7-9,11H,3-6H2. The molecule has 1 fully saturated rings. The summed E-state index contributed by atoms with van der Waals surface area (Å²) in [6, 6.07) is 6.16. The van der Waals surface area contributed by atoms with Gasteiger partial charge in [0.15, 0.2) is 5.69 Å². The molecule has 96 valence electrons. The summed E-state index contributed by atoms with van der Waals surface area (Å²) >= 11 is 3.57. The minimum Gasteiger partial charge on any atom is -0.343 e. The number of carbonyl (C=O) groups is 1. The fraction of sp³-hybridized carbons (Fsp3) is 0.333. The molecule has 0 atom stereocenters. The number of hydrogen-bond acceptors (Lipinski definition) is 1. The lowest BCUT2D eigenvalue weighted by Crippen LogP contribution is -2.17. The van der Waals surface area contributed by atoms with Crippen molar-refractivity contribution in [2.75, 3.05) is 0 Å². The van der Waals surface area contributed by atoms with Crippen molar-refractivity contribution in [3.63, 3.8) is 0 Å². The number of rotatable bonds is 1. The summed E-state index contributed by atoms with van der Waals surface area (Å²) in [7, 11) is 0. The highest BCUT2D eigenvalue weighted by molar-refractivity contribution is 9.10. The number of aromatic nitrogens is 1. The van der Waals surface area contributed by atoms with Crippen molar-refractivity contribution in [1.82, 2.24) is 4.57 Å². The molecule has 0 bridgehead atoms. The molecule has 1 aromatic heterocycles. The second-order valence-corrected chi connectivity index (χ2v) is 5.82. The van der Waals surface area contributed by atoms with E-state index >= 15 is 0 Å². The molecule has 0 amide bonds. The van der Waals surface area contributed by atoms with Crippen LogP contribution in [0.4, 0.5) is 5.69 Å². The van der Waals surface area contributed by atoms with Crippen molar-refractivity contribution in [3.05, 3.63) is 40.3 Å². The van der Waals surface area contributed by atoms with E-state index in [1.807, 2.05) is 18.2 Å². The van der Waals surface area contributed by atoms with Gasteiger partial charge in [-0.05, 0) is 40.9 Å². The lowest BCUT2D eigenvalue weighted by atomic mass is 9.94. The number of Topliss-reactive ketones (excluding diaryl/α,β-unsaturated/α-hetero) is 1. The van der Waals surface area contributed by atoms with E-state index in [2.05, 4.69) is 31.5 Å². The van der Waals surface area contributed by atoms with Crippen molar-refractivity contribution in [3.8, 4) is 0 Å². The smallest absolute Gasteiger partial charge is 0.188 e. The Morgan fingerprint density at radius 3 is 2.74 bits per heavy atom. The molecule has 0 saturated heterocycles. The molecule has 19 heavy (non-hydrogen) atoms. The molecule has 1 aromatic carbocycles. The molecule has 4 heteroatoms. The monoisotopic (exact) mass is 316 g/mol. The normalized spacial score (nSPS) is 16.7. The van der Waals surface area contributed by atoms with E-state index in [0.29, 0.717) is 30.4 Å². The summed E-state index contributed by atoms with van der Waals surface area (Å²) in [4.78, 5) is 14.8. The average molecular weight is 317 g/mol. The SMILES string of the molecule is [C-]#[N+]c1ccc2c(c1)c(Br)cn2C1CCC(=O)CC1. The van der Waals surface area contributed by atoms with E-state index in [1.165, 1.54) is 0 Å². The molecule has 1 aliphatic rings. The van der Waals surface area contributed by atoms with Crippen LogP contribution in [0.25, 0.3) is 15.7 Å². The maximum Gasteiger partial charge on any atom is 0.188 e. The van der Waals surface area contributed by atoms with E-state index in [4.69, 9.17) is 6.57 Å². The zero-order valence-corrected chi connectivity index (χ0v) is 12.0. The van der Waals surface area contributed by atoms with E-state index < -0.39 is 0 Å². The van der Waals surface area contributed by atoms with Gasteiger partial charge >= 0.3 is 0 Å². The highest BCUT2D eigenvalue weighted by Gasteiger charge is 2.22.